The first-order valence-electron chi connectivity index (χ1n) is 11.8. The standard InChI is InChI=1S/C26H33N5O3/c1-17(2)31-23-21(16-27-31)20(15-22(29-23)18-9-7-6-8-10-18)24(32)28-19-11-13-30(14-12-19)25(33)34-26(3,4)5/h6-10,15-17,19H,11-14H2,1-5H3,(H,28,32). The van der Waals surface area contributed by atoms with Crippen molar-refractivity contribution in [3.63, 3.8) is 0 Å². The summed E-state index contributed by atoms with van der Waals surface area (Å²) in [5.74, 6) is -0.149. The predicted octanol–water partition coefficient (Wildman–Crippen LogP) is 4.81. The van der Waals surface area contributed by atoms with Crippen molar-refractivity contribution in [3.8, 4) is 11.3 Å². The molecule has 0 unspecified atom stereocenters. The van der Waals surface area contributed by atoms with Gasteiger partial charge in [0.25, 0.3) is 5.91 Å². The molecule has 34 heavy (non-hydrogen) atoms. The Labute approximate surface area is 200 Å². The van der Waals surface area contributed by atoms with E-state index in [-0.39, 0.29) is 24.1 Å². The van der Waals surface area contributed by atoms with Crippen molar-refractivity contribution in [2.45, 2.75) is 65.1 Å². The van der Waals surface area contributed by atoms with Gasteiger partial charge >= 0.3 is 6.09 Å². The summed E-state index contributed by atoms with van der Waals surface area (Å²) in [5, 5.41) is 8.40. The summed E-state index contributed by atoms with van der Waals surface area (Å²) < 4.78 is 7.32. The minimum atomic E-state index is -0.522. The van der Waals surface area contributed by atoms with Crippen LogP contribution in [0.2, 0.25) is 0 Å². The third-order valence-electron chi connectivity index (χ3n) is 5.85. The Balaban J connectivity index is 1.54. The molecule has 4 rings (SSSR count). The van der Waals surface area contributed by atoms with Gasteiger partial charge in [0.2, 0.25) is 0 Å². The number of ether oxygens (including phenoxy) is 1. The molecule has 0 atom stereocenters. The van der Waals surface area contributed by atoms with Crippen molar-refractivity contribution in [3.05, 3.63) is 48.2 Å². The first kappa shape index (κ1) is 23.7. The molecule has 8 heteroatoms. The maximum absolute atomic E-state index is 13.4. The van der Waals surface area contributed by atoms with Gasteiger partial charge in [0.15, 0.2) is 5.65 Å². The highest BCUT2D eigenvalue weighted by molar-refractivity contribution is 6.06. The number of nitrogens with one attached hydrogen (secondary N) is 1. The lowest BCUT2D eigenvalue weighted by atomic mass is 10.0. The number of hydrogen-bond donors (Lipinski definition) is 1. The van der Waals surface area contributed by atoms with Crippen LogP contribution in [0.1, 0.15) is 63.9 Å². The van der Waals surface area contributed by atoms with E-state index in [1.807, 2.05) is 75.7 Å². The molecule has 0 bridgehead atoms. The molecule has 2 amide bonds. The number of piperidine rings is 1. The van der Waals surface area contributed by atoms with Gasteiger partial charge in [-0.05, 0) is 53.5 Å². The molecule has 1 saturated heterocycles. The molecule has 0 radical (unpaired) electrons. The number of carbonyl (C=O) groups is 2. The number of pyridine rings is 1. The van der Waals surface area contributed by atoms with E-state index in [4.69, 9.17) is 9.72 Å². The second-order valence-corrected chi connectivity index (χ2v) is 10.1. The van der Waals surface area contributed by atoms with E-state index in [1.54, 1.807) is 11.1 Å². The quantitative estimate of drug-likeness (QED) is 0.600. The highest BCUT2D eigenvalue weighted by atomic mass is 16.6. The van der Waals surface area contributed by atoms with Gasteiger partial charge in [0, 0.05) is 30.7 Å². The SMILES string of the molecule is CC(C)n1ncc2c(C(=O)NC3CCN(C(=O)OC(C)(C)C)CC3)cc(-c3ccccc3)nc21. The van der Waals surface area contributed by atoms with E-state index in [0.29, 0.717) is 37.1 Å². The molecule has 1 fully saturated rings. The molecule has 2 aromatic heterocycles. The average molecular weight is 464 g/mol. The van der Waals surface area contributed by atoms with Crippen LogP contribution in [0, 0.1) is 0 Å². The Hall–Kier alpha value is -3.42. The van der Waals surface area contributed by atoms with Gasteiger partial charge in [0.05, 0.1) is 22.8 Å². The Morgan fingerprint density at radius 3 is 2.41 bits per heavy atom. The molecule has 3 heterocycles. The zero-order valence-electron chi connectivity index (χ0n) is 20.5. The molecule has 1 aromatic carbocycles. The predicted molar refractivity (Wildman–Crippen MR) is 132 cm³/mol. The number of carbonyl (C=O) groups excluding carboxylic acids is 2. The summed E-state index contributed by atoms with van der Waals surface area (Å²) in [6, 6.07) is 11.8. The van der Waals surface area contributed by atoms with Crippen molar-refractivity contribution >= 4 is 23.0 Å². The van der Waals surface area contributed by atoms with Crippen LogP contribution in [0.5, 0.6) is 0 Å². The summed E-state index contributed by atoms with van der Waals surface area (Å²) in [7, 11) is 0. The first-order valence-corrected chi connectivity index (χ1v) is 11.8. The number of amides is 2. The minimum Gasteiger partial charge on any atom is -0.444 e. The number of rotatable bonds is 4. The normalized spacial score (nSPS) is 15.1. The van der Waals surface area contributed by atoms with Crippen LogP contribution in [0.3, 0.4) is 0 Å². The summed E-state index contributed by atoms with van der Waals surface area (Å²) in [6.45, 7) is 10.8. The number of hydrogen-bond acceptors (Lipinski definition) is 5. The average Bonchev–Trinajstić information content (AvgIpc) is 3.22. The van der Waals surface area contributed by atoms with Crippen molar-refractivity contribution < 1.29 is 14.3 Å². The number of aromatic nitrogens is 3. The molecule has 0 saturated carbocycles. The second-order valence-electron chi connectivity index (χ2n) is 10.1. The Kier molecular flexibility index (Phi) is 6.59. The van der Waals surface area contributed by atoms with Gasteiger partial charge in [-0.1, -0.05) is 30.3 Å². The van der Waals surface area contributed by atoms with Gasteiger partial charge in [-0.3, -0.25) is 4.79 Å². The van der Waals surface area contributed by atoms with Gasteiger partial charge in [-0.2, -0.15) is 5.10 Å². The van der Waals surface area contributed by atoms with Crippen molar-refractivity contribution in [2.75, 3.05) is 13.1 Å². The maximum Gasteiger partial charge on any atom is 0.410 e. The van der Waals surface area contributed by atoms with Crippen LogP contribution in [0.25, 0.3) is 22.3 Å². The van der Waals surface area contributed by atoms with Crippen LogP contribution in [-0.4, -0.2) is 56.4 Å². The minimum absolute atomic E-state index is 0.0188. The van der Waals surface area contributed by atoms with E-state index < -0.39 is 5.60 Å². The van der Waals surface area contributed by atoms with Crippen molar-refractivity contribution in [1.82, 2.24) is 25.0 Å². The van der Waals surface area contributed by atoms with Gasteiger partial charge in [0.1, 0.15) is 5.60 Å². The number of nitrogens with zero attached hydrogens (tertiary/aromatic N) is 4. The van der Waals surface area contributed by atoms with E-state index in [2.05, 4.69) is 10.4 Å². The second kappa shape index (κ2) is 9.44. The number of fused-ring (bicyclic) bond motifs is 1. The fourth-order valence-corrected chi connectivity index (χ4v) is 4.14. The fraction of sp³-hybridized carbons (Fsp3) is 0.462. The molecule has 0 aliphatic carbocycles. The zero-order chi connectivity index (χ0) is 24.5. The maximum atomic E-state index is 13.4. The largest absolute Gasteiger partial charge is 0.444 e. The summed E-state index contributed by atoms with van der Waals surface area (Å²) in [5.41, 5.74) is 2.42. The van der Waals surface area contributed by atoms with Crippen molar-refractivity contribution in [2.24, 2.45) is 0 Å². The van der Waals surface area contributed by atoms with E-state index in [1.165, 1.54) is 0 Å². The number of likely N-dealkylation sites (tertiary alicyclic amines) is 1. The number of benzene rings is 1. The lowest BCUT2D eigenvalue weighted by molar-refractivity contribution is 0.0199. The Morgan fingerprint density at radius 2 is 1.79 bits per heavy atom. The van der Waals surface area contributed by atoms with Gasteiger partial charge < -0.3 is 15.0 Å². The summed E-state index contributed by atoms with van der Waals surface area (Å²) >= 11 is 0. The van der Waals surface area contributed by atoms with Crippen LogP contribution in [0.15, 0.2) is 42.6 Å². The molecule has 180 valence electrons. The van der Waals surface area contributed by atoms with Crippen molar-refractivity contribution in [1.29, 1.82) is 0 Å². The van der Waals surface area contributed by atoms with E-state index in [9.17, 15) is 9.59 Å². The lowest BCUT2D eigenvalue weighted by Crippen LogP contribution is -2.47. The third kappa shape index (κ3) is 5.21. The molecule has 0 spiro atoms. The molecule has 8 nitrogen and oxygen atoms in total. The molecule has 1 N–H and O–H groups in total. The van der Waals surface area contributed by atoms with E-state index >= 15 is 0 Å². The van der Waals surface area contributed by atoms with Crippen LogP contribution in [0.4, 0.5) is 4.79 Å². The lowest BCUT2D eigenvalue weighted by Gasteiger charge is -2.33. The van der Waals surface area contributed by atoms with Gasteiger partial charge in [-0.15, -0.1) is 0 Å². The smallest absolute Gasteiger partial charge is 0.410 e. The third-order valence-corrected chi connectivity index (χ3v) is 5.85. The highest BCUT2D eigenvalue weighted by Gasteiger charge is 2.28. The summed E-state index contributed by atoms with van der Waals surface area (Å²) in [4.78, 5) is 32.3. The van der Waals surface area contributed by atoms with Crippen LogP contribution >= 0.6 is 0 Å². The monoisotopic (exact) mass is 463 g/mol. The first-order chi connectivity index (χ1) is 16.1. The molecule has 1 aliphatic rings. The van der Waals surface area contributed by atoms with Crippen LogP contribution in [-0.2, 0) is 4.74 Å². The zero-order valence-corrected chi connectivity index (χ0v) is 20.5. The topological polar surface area (TPSA) is 89.4 Å². The highest BCUT2D eigenvalue weighted by Crippen LogP contribution is 2.27. The van der Waals surface area contributed by atoms with E-state index in [0.717, 1.165) is 16.6 Å². The van der Waals surface area contributed by atoms with Gasteiger partial charge in [-0.25, -0.2) is 14.5 Å². The summed E-state index contributed by atoms with van der Waals surface area (Å²) in [6.07, 6.45) is 2.77. The molecule has 3 aromatic rings. The Bertz CT molecular complexity index is 1170. The fourth-order valence-electron chi connectivity index (χ4n) is 4.14. The van der Waals surface area contributed by atoms with Crippen LogP contribution < -0.4 is 5.32 Å². The molecular formula is C26H33N5O3. The molecular weight excluding hydrogens is 430 g/mol. The molecule has 1 aliphatic heterocycles. The Morgan fingerprint density at radius 1 is 1.12 bits per heavy atom.